The molecule has 2 aliphatic rings. The van der Waals surface area contributed by atoms with Crippen LogP contribution in [-0.2, 0) is 10.8 Å². The first-order chi connectivity index (χ1) is 28.7. The lowest BCUT2D eigenvalue weighted by Gasteiger charge is -2.26. The maximum Gasteiger partial charge on any atom is 0.0462 e. The van der Waals surface area contributed by atoms with Gasteiger partial charge in [-0.05, 0) is 126 Å². The first-order valence-electron chi connectivity index (χ1n) is 20.7. The van der Waals surface area contributed by atoms with Crippen molar-refractivity contribution in [3.63, 3.8) is 0 Å². The minimum atomic E-state index is -0.0242. The van der Waals surface area contributed by atoms with Gasteiger partial charge in [0.25, 0.3) is 0 Å². The summed E-state index contributed by atoms with van der Waals surface area (Å²) in [5.74, 6) is 0. The summed E-state index contributed by atoms with van der Waals surface area (Å²) in [4.78, 5) is 2.35. The minimum Gasteiger partial charge on any atom is -0.311 e. The summed E-state index contributed by atoms with van der Waals surface area (Å²) in [5, 5.41) is 0. The average molecular weight is 758 g/mol. The number of allylic oxidation sites excluding steroid dienone is 2. The smallest absolute Gasteiger partial charge is 0.0462 e. The van der Waals surface area contributed by atoms with E-state index >= 15 is 0 Å². The van der Waals surface area contributed by atoms with Crippen LogP contribution in [0.2, 0.25) is 0 Å². The molecule has 0 radical (unpaired) electrons. The molecule has 8 aromatic rings. The van der Waals surface area contributed by atoms with Crippen molar-refractivity contribution in [1.29, 1.82) is 0 Å². The third-order valence-electron chi connectivity index (χ3n) is 12.8. The SMILES string of the molecule is CC1(C)C(c2ccc(-c3ccc(N(c4ccc(-c5ccccc5)cc4)c4ccc(-c5ccc(C6=Cc7ccccc7C6(C)C)cc5)cc4)cc3)cc2)=Cc2ccccc21. The van der Waals surface area contributed by atoms with Crippen molar-refractivity contribution >= 4 is 40.4 Å². The highest BCUT2D eigenvalue weighted by molar-refractivity contribution is 5.95. The number of hydrogen-bond acceptors (Lipinski definition) is 1. The molecule has 284 valence electrons. The highest BCUT2D eigenvalue weighted by Crippen LogP contribution is 2.48. The number of anilines is 3. The molecule has 10 rings (SSSR count). The molecule has 0 fully saturated rings. The summed E-state index contributed by atoms with van der Waals surface area (Å²) in [6, 6.07) is 73.2. The van der Waals surface area contributed by atoms with Crippen molar-refractivity contribution in [2.24, 2.45) is 0 Å². The highest BCUT2D eigenvalue weighted by Gasteiger charge is 2.34. The van der Waals surface area contributed by atoms with Crippen molar-refractivity contribution in [1.82, 2.24) is 0 Å². The largest absolute Gasteiger partial charge is 0.311 e. The first-order valence-corrected chi connectivity index (χ1v) is 20.7. The summed E-state index contributed by atoms with van der Waals surface area (Å²) < 4.78 is 0. The van der Waals surface area contributed by atoms with E-state index < -0.39 is 0 Å². The van der Waals surface area contributed by atoms with Crippen LogP contribution in [0.25, 0.3) is 56.7 Å². The molecule has 0 aliphatic heterocycles. The quantitative estimate of drug-likeness (QED) is 0.149. The van der Waals surface area contributed by atoms with Gasteiger partial charge in [0.05, 0.1) is 0 Å². The van der Waals surface area contributed by atoms with Crippen LogP contribution in [0.3, 0.4) is 0 Å². The fraction of sp³-hybridized carbons (Fsp3) is 0.103. The minimum absolute atomic E-state index is 0.0242. The van der Waals surface area contributed by atoms with Gasteiger partial charge in [-0.2, -0.15) is 0 Å². The Kier molecular flexibility index (Phi) is 8.91. The Morgan fingerprint density at radius 2 is 0.542 bits per heavy atom. The van der Waals surface area contributed by atoms with E-state index in [1.807, 2.05) is 0 Å². The molecule has 0 aromatic heterocycles. The van der Waals surface area contributed by atoms with Crippen molar-refractivity contribution in [3.8, 4) is 33.4 Å². The van der Waals surface area contributed by atoms with Gasteiger partial charge in [0.2, 0.25) is 0 Å². The second-order valence-electron chi connectivity index (χ2n) is 17.0. The molecule has 0 N–H and O–H groups in total. The van der Waals surface area contributed by atoms with Gasteiger partial charge in [-0.25, -0.2) is 0 Å². The van der Waals surface area contributed by atoms with Crippen LogP contribution in [0, 0.1) is 0 Å². The van der Waals surface area contributed by atoms with Gasteiger partial charge in [-0.3, -0.25) is 0 Å². The van der Waals surface area contributed by atoms with Crippen LogP contribution >= 0.6 is 0 Å². The zero-order valence-corrected chi connectivity index (χ0v) is 34.2. The average Bonchev–Trinajstić information content (AvgIpc) is 3.72. The third-order valence-corrected chi connectivity index (χ3v) is 12.8. The Bertz CT molecular complexity index is 2690. The molecule has 0 amide bonds. The van der Waals surface area contributed by atoms with Crippen LogP contribution in [0.5, 0.6) is 0 Å². The molecule has 1 heteroatoms. The van der Waals surface area contributed by atoms with Crippen LogP contribution in [0.15, 0.2) is 200 Å². The van der Waals surface area contributed by atoms with Gasteiger partial charge in [0, 0.05) is 27.9 Å². The Morgan fingerprint density at radius 3 is 0.881 bits per heavy atom. The second-order valence-corrected chi connectivity index (χ2v) is 17.0. The lowest BCUT2D eigenvalue weighted by Crippen LogP contribution is -2.16. The van der Waals surface area contributed by atoms with Crippen LogP contribution in [0.1, 0.15) is 61.1 Å². The zero-order valence-electron chi connectivity index (χ0n) is 34.2. The second kappa shape index (κ2) is 14.5. The Hall–Kier alpha value is -6.96. The van der Waals surface area contributed by atoms with Gasteiger partial charge in [0.1, 0.15) is 0 Å². The van der Waals surface area contributed by atoms with Crippen molar-refractivity contribution in [2.45, 2.75) is 38.5 Å². The predicted octanol–water partition coefficient (Wildman–Crippen LogP) is 15.8. The standard InChI is InChI=1S/C58H47N/c1-57(2)53-16-10-8-14-48(53)38-55(57)46-22-18-41(19-23-46)44-28-34-51(35-29-44)59(50-32-26-43(27-33-50)40-12-6-5-7-13-40)52-36-30-45(31-37-52)42-20-24-47(25-21-42)56-39-49-15-9-11-17-54(49)58(56,3)4/h5-39H,1-4H3. The van der Waals surface area contributed by atoms with E-state index in [0.29, 0.717) is 0 Å². The molecule has 1 nitrogen and oxygen atoms in total. The molecule has 8 aromatic carbocycles. The van der Waals surface area contributed by atoms with E-state index in [1.165, 1.54) is 77.9 Å². The van der Waals surface area contributed by atoms with Crippen LogP contribution in [0.4, 0.5) is 17.1 Å². The summed E-state index contributed by atoms with van der Waals surface area (Å²) in [5.41, 5.74) is 21.2. The molecule has 0 unspecified atom stereocenters. The monoisotopic (exact) mass is 757 g/mol. The predicted molar refractivity (Wildman–Crippen MR) is 252 cm³/mol. The van der Waals surface area contributed by atoms with Gasteiger partial charge < -0.3 is 4.90 Å². The molecule has 2 aliphatic carbocycles. The maximum atomic E-state index is 2.36. The third kappa shape index (κ3) is 6.54. The molecular weight excluding hydrogens is 711 g/mol. The summed E-state index contributed by atoms with van der Waals surface area (Å²) in [6.45, 7) is 9.33. The lowest BCUT2D eigenvalue weighted by molar-refractivity contribution is 0.704. The zero-order chi connectivity index (χ0) is 40.1. The highest BCUT2D eigenvalue weighted by atomic mass is 15.1. The van der Waals surface area contributed by atoms with Crippen molar-refractivity contribution in [2.75, 3.05) is 4.90 Å². The number of benzene rings is 8. The normalized spacial score (nSPS) is 14.6. The fourth-order valence-corrected chi connectivity index (χ4v) is 9.41. The number of hydrogen-bond donors (Lipinski definition) is 0. The molecule has 0 atom stereocenters. The van der Waals surface area contributed by atoms with Crippen LogP contribution < -0.4 is 4.90 Å². The van der Waals surface area contributed by atoms with Gasteiger partial charge >= 0.3 is 0 Å². The molecule has 0 heterocycles. The first kappa shape index (κ1) is 36.4. The van der Waals surface area contributed by atoms with E-state index in [4.69, 9.17) is 0 Å². The summed E-state index contributed by atoms with van der Waals surface area (Å²) in [7, 11) is 0. The van der Waals surface area contributed by atoms with E-state index in [-0.39, 0.29) is 10.8 Å². The van der Waals surface area contributed by atoms with Gasteiger partial charge in [0.15, 0.2) is 0 Å². The Labute approximate surface area is 349 Å². The van der Waals surface area contributed by atoms with E-state index in [9.17, 15) is 0 Å². The molecule has 0 saturated heterocycles. The van der Waals surface area contributed by atoms with Crippen molar-refractivity contribution < 1.29 is 0 Å². The number of rotatable bonds is 8. The number of fused-ring (bicyclic) bond motifs is 2. The summed E-state index contributed by atoms with van der Waals surface area (Å²) >= 11 is 0. The van der Waals surface area contributed by atoms with E-state index in [1.54, 1.807) is 0 Å². The lowest BCUT2D eigenvalue weighted by atomic mass is 9.78. The molecular formula is C58H47N. The molecule has 59 heavy (non-hydrogen) atoms. The van der Waals surface area contributed by atoms with Gasteiger partial charge in [-0.15, -0.1) is 0 Å². The van der Waals surface area contributed by atoms with Crippen molar-refractivity contribution in [3.05, 3.63) is 234 Å². The number of nitrogens with zero attached hydrogens (tertiary/aromatic N) is 1. The fourth-order valence-electron chi connectivity index (χ4n) is 9.41. The molecule has 0 bridgehead atoms. The Balaban J connectivity index is 0.935. The van der Waals surface area contributed by atoms with Gasteiger partial charge in [-0.1, -0.05) is 191 Å². The maximum absolute atomic E-state index is 2.36. The van der Waals surface area contributed by atoms with E-state index in [0.717, 1.165) is 17.1 Å². The molecule has 0 spiro atoms. The Morgan fingerprint density at radius 1 is 0.271 bits per heavy atom. The summed E-state index contributed by atoms with van der Waals surface area (Å²) in [6.07, 6.45) is 4.72. The molecule has 0 saturated carbocycles. The van der Waals surface area contributed by atoms with E-state index in [2.05, 4.69) is 245 Å². The van der Waals surface area contributed by atoms with Crippen LogP contribution in [-0.4, -0.2) is 0 Å². The topological polar surface area (TPSA) is 3.24 Å².